The Morgan fingerprint density at radius 2 is 1.76 bits per heavy atom. The summed E-state index contributed by atoms with van der Waals surface area (Å²) in [6.45, 7) is 8.42. The molecule has 0 saturated heterocycles. The number of rotatable bonds is 7. The first kappa shape index (κ1) is 22.4. The molecule has 1 aliphatic rings. The highest BCUT2D eigenvalue weighted by Gasteiger charge is 2.27. The van der Waals surface area contributed by atoms with E-state index in [0.29, 0.717) is 40.5 Å². The van der Waals surface area contributed by atoms with Gasteiger partial charge in [0.25, 0.3) is 5.91 Å². The number of halogens is 1. The second-order valence-electron chi connectivity index (χ2n) is 7.69. The van der Waals surface area contributed by atoms with E-state index in [9.17, 15) is 4.79 Å². The van der Waals surface area contributed by atoms with Gasteiger partial charge in [-0.2, -0.15) is 0 Å². The molecule has 3 heterocycles. The number of fused-ring (bicyclic) bond motifs is 3. The van der Waals surface area contributed by atoms with Gasteiger partial charge < -0.3 is 14.4 Å². The summed E-state index contributed by atoms with van der Waals surface area (Å²) in [6, 6.07) is 11.7. The molecule has 0 atom stereocenters. The van der Waals surface area contributed by atoms with Gasteiger partial charge in [-0.25, -0.2) is 4.98 Å². The summed E-state index contributed by atoms with van der Waals surface area (Å²) < 4.78 is 13.4. The van der Waals surface area contributed by atoms with Crippen molar-refractivity contribution in [1.82, 2.24) is 9.88 Å². The summed E-state index contributed by atoms with van der Waals surface area (Å²) in [4.78, 5) is 23.2. The number of amides is 1. The SMILES string of the molecule is CCN(CC)CCN(C(=O)c1sc2ccccc2c1Cl)c1nc2cc3c(cc2s1)OCCO3. The summed E-state index contributed by atoms with van der Waals surface area (Å²) >= 11 is 9.58. The Kier molecular flexibility index (Phi) is 6.42. The number of carbonyl (C=O) groups is 1. The maximum Gasteiger partial charge on any atom is 0.271 e. The summed E-state index contributed by atoms with van der Waals surface area (Å²) in [7, 11) is 0. The summed E-state index contributed by atoms with van der Waals surface area (Å²) in [5.74, 6) is 1.29. The molecule has 4 aromatic rings. The Morgan fingerprint density at radius 1 is 1.03 bits per heavy atom. The molecule has 9 heteroatoms. The van der Waals surface area contributed by atoms with Gasteiger partial charge in [-0.3, -0.25) is 9.69 Å². The van der Waals surface area contributed by atoms with E-state index in [4.69, 9.17) is 26.1 Å². The van der Waals surface area contributed by atoms with Crippen LogP contribution in [0.15, 0.2) is 36.4 Å². The molecule has 0 spiro atoms. The monoisotopic (exact) mass is 501 g/mol. The second-order valence-corrected chi connectivity index (χ2v) is 10.1. The third-order valence-electron chi connectivity index (χ3n) is 5.78. The van der Waals surface area contributed by atoms with Crippen molar-refractivity contribution in [2.24, 2.45) is 0 Å². The van der Waals surface area contributed by atoms with Gasteiger partial charge in [-0.05, 0) is 19.2 Å². The largest absolute Gasteiger partial charge is 0.486 e. The Hall–Kier alpha value is -2.39. The predicted molar refractivity (Wildman–Crippen MR) is 137 cm³/mol. The molecule has 0 unspecified atom stereocenters. The molecule has 1 aliphatic heterocycles. The van der Waals surface area contributed by atoms with Crippen LogP contribution in [0, 0.1) is 0 Å². The molecule has 172 valence electrons. The number of anilines is 1. The zero-order valence-corrected chi connectivity index (χ0v) is 20.9. The summed E-state index contributed by atoms with van der Waals surface area (Å²) in [5.41, 5.74) is 0.794. The fourth-order valence-electron chi connectivity index (χ4n) is 3.91. The molecule has 33 heavy (non-hydrogen) atoms. The molecule has 1 amide bonds. The minimum atomic E-state index is -0.121. The lowest BCUT2D eigenvalue weighted by molar-refractivity contribution is 0.0988. The topological polar surface area (TPSA) is 54.9 Å². The number of carbonyl (C=O) groups excluding carboxylic acids is 1. The van der Waals surface area contributed by atoms with Gasteiger partial charge in [0.1, 0.15) is 18.1 Å². The second kappa shape index (κ2) is 9.46. The van der Waals surface area contributed by atoms with Crippen LogP contribution in [-0.2, 0) is 0 Å². The van der Waals surface area contributed by atoms with Crippen LogP contribution in [0.1, 0.15) is 23.5 Å². The van der Waals surface area contributed by atoms with E-state index in [1.165, 1.54) is 22.7 Å². The van der Waals surface area contributed by atoms with Crippen LogP contribution < -0.4 is 14.4 Å². The number of aromatic nitrogens is 1. The first-order valence-corrected chi connectivity index (χ1v) is 13.0. The van der Waals surface area contributed by atoms with E-state index >= 15 is 0 Å². The van der Waals surface area contributed by atoms with Crippen molar-refractivity contribution < 1.29 is 14.3 Å². The molecule has 5 rings (SSSR count). The smallest absolute Gasteiger partial charge is 0.271 e. The Morgan fingerprint density at radius 3 is 2.48 bits per heavy atom. The van der Waals surface area contributed by atoms with E-state index in [1.807, 2.05) is 36.4 Å². The van der Waals surface area contributed by atoms with E-state index in [1.54, 1.807) is 4.90 Å². The normalized spacial score (nSPS) is 13.2. The van der Waals surface area contributed by atoms with Crippen molar-refractivity contribution in [3.63, 3.8) is 0 Å². The third kappa shape index (κ3) is 4.28. The summed E-state index contributed by atoms with van der Waals surface area (Å²) in [6.07, 6.45) is 0. The molecule has 0 N–H and O–H groups in total. The Bertz CT molecular complexity index is 1270. The molecule has 0 radical (unpaired) electrons. The van der Waals surface area contributed by atoms with Crippen LogP contribution in [0.2, 0.25) is 5.02 Å². The lowest BCUT2D eigenvalue weighted by Gasteiger charge is -2.24. The van der Waals surface area contributed by atoms with Crippen LogP contribution >= 0.6 is 34.3 Å². The van der Waals surface area contributed by atoms with Gasteiger partial charge in [-0.1, -0.05) is 55.0 Å². The number of hydrogen-bond acceptors (Lipinski definition) is 7. The van der Waals surface area contributed by atoms with Crippen LogP contribution in [0.4, 0.5) is 5.13 Å². The van der Waals surface area contributed by atoms with Gasteiger partial charge in [0, 0.05) is 35.3 Å². The van der Waals surface area contributed by atoms with Crippen molar-refractivity contribution in [2.45, 2.75) is 13.8 Å². The number of ether oxygens (including phenoxy) is 2. The van der Waals surface area contributed by atoms with Crippen molar-refractivity contribution in [3.05, 3.63) is 46.3 Å². The zero-order valence-electron chi connectivity index (χ0n) is 18.5. The maximum absolute atomic E-state index is 13.8. The van der Waals surface area contributed by atoms with Gasteiger partial charge in [0.05, 0.1) is 15.2 Å². The number of thiophene rings is 1. The standard InChI is InChI=1S/C24H24ClN3O3S2/c1-3-27(4-2)9-10-28(23(29)22-21(25)15-7-5-6-8-19(15)32-22)24-26-16-13-17-18(14-20(16)33-24)31-12-11-30-17/h5-8,13-14H,3-4,9-12H2,1-2H3. The number of likely N-dealkylation sites (N-methyl/N-ethyl adjacent to an activating group) is 1. The fraction of sp³-hybridized carbons (Fsp3) is 0.333. The minimum absolute atomic E-state index is 0.121. The molecule has 6 nitrogen and oxygen atoms in total. The molecule has 0 saturated carbocycles. The van der Waals surface area contributed by atoms with Crippen LogP contribution in [0.5, 0.6) is 11.5 Å². The molecule has 0 fully saturated rings. The quantitative estimate of drug-likeness (QED) is 0.314. The molecule has 0 aliphatic carbocycles. The van der Waals surface area contributed by atoms with Crippen molar-refractivity contribution in [2.75, 3.05) is 44.3 Å². The minimum Gasteiger partial charge on any atom is -0.486 e. The van der Waals surface area contributed by atoms with Crippen molar-refractivity contribution in [3.8, 4) is 11.5 Å². The van der Waals surface area contributed by atoms with E-state index < -0.39 is 0 Å². The average Bonchev–Trinajstić information content (AvgIpc) is 3.40. The van der Waals surface area contributed by atoms with Gasteiger partial charge in [0.15, 0.2) is 16.6 Å². The average molecular weight is 502 g/mol. The lowest BCUT2D eigenvalue weighted by atomic mass is 10.2. The van der Waals surface area contributed by atoms with Crippen LogP contribution in [0.25, 0.3) is 20.3 Å². The number of thiazole rings is 1. The highest BCUT2D eigenvalue weighted by molar-refractivity contribution is 7.23. The molecule has 0 bridgehead atoms. The third-order valence-corrected chi connectivity index (χ3v) is 8.49. The number of nitrogens with zero attached hydrogens (tertiary/aromatic N) is 3. The first-order chi connectivity index (χ1) is 16.1. The number of hydrogen-bond donors (Lipinski definition) is 0. The van der Waals surface area contributed by atoms with Gasteiger partial charge >= 0.3 is 0 Å². The Labute approximate surface area is 205 Å². The number of benzene rings is 2. The first-order valence-electron chi connectivity index (χ1n) is 11.0. The van der Waals surface area contributed by atoms with Crippen LogP contribution in [0.3, 0.4) is 0 Å². The highest BCUT2D eigenvalue weighted by Crippen LogP contribution is 2.40. The van der Waals surface area contributed by atoms with E-state index in [0.717, 1.165) is 45.7 Å². The van der Waals surface area contributed by atoms with E-state index in [2.05, 4.69) is 18.7 Å². The molecular formula is C24H24ClN3O3S2. The zero-order chi connectivity index (χ0) is 22.9. The maximum atomic E-state index is 13.8. The molecule has 2 aromatic heterocycles. The predicted octanol–water partition coefficient (Wildman–Crippen LogP) is 5.92. The van der Waals surface area contributed by atoms with Gasteiger partial charge in [-0.15, -0.1) is 11.3 Å². The summed E-state index contributed by atoms with van der Waals surface area (Å²) in [5, 5.41) is 2.06. The van der Waals surface area contributed by atoms with Gasteiger partial charge in [0.2, 0.25) is 0 Å². The highest BCUT2D eigenvalue weighted by atomic mass is 35.5. The van der Waals surface area contributed by atoms with Crippen LogP contribution in [-0.4, -0.2) is 55.2 Å². The lowest BCUT2D eigenvalue weighted by Crippen LogP contribution is -2.38. The molecule has 2 aromatic carbocycles. The van der Waals surface area contributed by atoms with E-state index in [-0.39, 0.29) is 5.91 Å². The Balaban J connectivity index is 1.55. The molecular weight excluding hydrogens is 478 g/mol. The van der Waals surface area contributed by atoms with Crippen molar-refractivity contribution in [1.29, 1.82) is 0 Å². The van der Waals surface area contributed by atoms with Crippen molar-refractivity contribution >= 4 is 65.6 Å². The fourth-order valence-corrected chi connectivity index (χ4v) is 6.37.